The van der Waals surface area contributed by atoms with E-state index in [9.17, 15) is 0 Å². The van der Waals surface area contributed by atoms with Crippen LogP contribution in [0.25, 0.3) is 0 Å². The monoisotopic (exact) mass is 402 g/mol. The van der Waals surface area contributed by atoms with Crippen LogP contribution in [-0.2, 0) is 0 Å². The minimum Gasteiger partial charge on any atom is -0.0571 e. The van der Waals surface area contributed by atoms with Gasteiger partial charge < -0.3 is 0 Å². The first-order valence-electron chi connectivity index (χ1n) is 5.43. The lowest BCUT2D eigenvalue weighted by Gasteiger charge is -2.06. The molecule has 0 unspecified atom stereocenters. The van der Waals surface area contributed by atoms with Gasteiger partial charge in [0.05, 0.1) is 0 Å². The van der Waals surface area contributed by atoms with Crippen LogP contribution in [0.5, 0.6) is 0 Å². The third-order valence-electron chi connectivity index (χ3n) is 2.52. The number of hydrogen-bond donors (Lipinski definition) is 0. The Bertz CT molecular complexity index is 568. The molecule has 0 nitrogen and oxygen atoms in total. The van der Waals surface area contributed by atoms with E-state index in [0.29, 0.717) is 0 Å². The van der Waals surface area contributed by atoms with E-state index in [1.54, 1.807) is 21.6 Å². The van der Waals surface area contributed by atoms with Gasteiger partial charge in [-0.2, -0.15) is 0 Å². The van der Waals surface area contributed by atoms with E-state index < -0.39 is 0 Å². The summed E-state index contributed by atoms with van der Waals surface area (Å²) in [4.78, 5) is 2.56. The molecule has 2 aromatic carbocycles. The molecule has 0 bridgehead atoms. The normalized spacial score (nSPS) is 10.7. The van der Waals surface area contributed by atoms with Crippen LogP contribution < -0.4 is 0 Å². The third kappa shape index (κ3) is 3.80. The highest BCUT2D eigenvalue weighted by molar-refractivity contribution is 9.10. The molecule has 0 aliphatic rings. The first kappa shape index (κ1) is 14.5. The lowest BCUT2D eigenvalue weighted by atomic mass is 10.2. The van der Waals surface area contributed by atoms with Gasteiger partial charge in [-0.1, -0.05) is 65.6 Å². The van der Waals surface area contributed by atoms with E-state index >= 15 is 0 Å². The zero-order valence-electron chi connectivity index (χ0n) is 10.0. The molecule has 0 spiro atoms. The Morgan fingerprint density at radius 2 is 1.56 bits per heavy atom. The summed E-state index contributed by atoms with van der Waals surface area (Å²) in [5.74, 6) is 0. The highest BCUT2D eigenvalue weighted by Crippen LogP contribution is 2.40. The molecular formula is C14H12Br2S2. The average molecular weight is 404 g/mol. The summed E-state index contributed by atoms with van der Waals surface area (Å²) in [6.45, 7) is 4.24. The van der Waals surface area contributed by atoms with Crippen molar-refractivity contribution in [2.75, 3.05) is 0 Å². The molecule has 0 aromatic heterocycles. The zero-order chi connectivity index (χ0) is 13.1. The first-order valence-corrected chi connectivity index (χ1v) is 9.16. The second-order valence-electron chi connectivity index (χ2n) is 3.99. The van der Waals surface area contributed by atoms with Crippen molar-refractivity contribution in [3.63, 3.8) is 0 Å². The fraction of sp³-hybridized carbons (Fsp3) is 0.143. The number of benzene rings is 2. The molecule has 4 heteroatoms. The third-order valence-corrected chi connectivity index (χ3v) is 6.38. The number of rotatable bonds is 3. The van der Waals surface area contributed by atoms with Gasteiger partial charge >= 0.3 is 0 Å². The molecule has 2 aromatic rings. The van der Waals surface area contributed by atoms with E-state index in [-0.39, 0.29) is 0 Å². The second kappa shape index (κ2) is 6.51. The largest absolute Gasteiger partial charge is 0.0571 e. The SMILES string of the molecule is Cc1ccc(SSc2cc(Br)ccc2C)cc1Br. The van der Waals surface area contributed by atoms with Crippen molar-refractivity contribution in [1.82, 2.24) is 0 Å². The van der Waals surface area contributed by atoms with Gasteiger partial charge in [-0.3, -0.25) is 0 Å². The summed E-state index contributed by atoms with van der Waals surface area (Å²) in [5.41, 5.74) is 2.57. The molecule has 18 heavy (non-hydrogen) atoms. The predicted octanol–water partition coefficient (Wildman–Crippen LogP) is 6.63. The molecule has 0 aliphatic carbocycles. The molecule has 0 heterocycles. The van der Waals surface area contributed by atoms with Gasteiger partial charge in [-0.15, -0.1) is 0 Å². The van der Waals surface area contributed by atoms with Crippen molar-refractivity contribution in [1.29, 1.82) is 0 Å². The average Bonchev–Trinajstić information content (AvgIpc) is 2.34. The Morgan fingerprint density at radius 1 is 0.833 bits per heavy atom. The van der Waals surface area contributed by atoms with Crippen molar-refractivity contribution in [2.24, 2.45) is 0 Å². The van der Waals surface area contributed by atoms with Crippen LogP contribution in [0.3, 0.4) is 0 Å². The molecule has 0 saturated carbocycles. The van der Waals surface area contributed by atoms with E-state index in [1.165, 1.54) is 25.4 Å². The lowest BCUT2D eigenvalue weighted by molar-refractivity contribution is 1.30. The van der Waals surface area contributed by atoms with Gasteiger partial charge in [-0.05, 0) is 49.2 Å². The molecule has 0 aliphatic heterocycles. The second-order valence-corrected chi connectivity index (χ2v) is 8.00. The molecule has 0 radical (unpaired) electrons. The van der Waals surface area contributed by atoms with Crippen molar-refractivity contribution in [2.45, 2.75) is 23.6 Å². The Kier molecular flexibility index (Phi) is 5.24. The zero-order valence-corrected chi connectivity index (χ0v) is 14.8. The molecular weight excluding hydrogens is 392 g/mol. The Balaban J connectivity index is 2.11. The fourth-order valence-electron chi connectivity index (χ4n) is 1.38. The van der Waals surface area contributed by atoms with Crippen LogP contribution in [0.1, 0.15) is 11.1 Å². The lowest BCUT2D eigenvalue weighted by Crippen LogP contribution is -1.78. The van der Waals surface area contributed by atoms with Gasteiger partial charge in [-0.25, -0.2) is 0 Å². The van der Waals surface area contributed by atoms with E-state index in [4.69, 9.17) is 0 Å². The van der Waals surface area contributed by atoms with E-state index in [1.807, 2.05) is 0 Å². The maximum absolute atomic E-state index is 3.57. The predicted molar refractivity (Wildman–Crippen MR) is 89.5 cm³/mol. The number of hydrogen-bond acceptors (Lipinski definition) is 2. The molecule has 2 rings (SSSR count). The van der Waals surface area contributed by atoms with Crippen LogP contribution in [0.2, 0.25) is 0 Å². The smallest absolute Gasteiger partial charge is 0.0226 e. The van der Waals surface area contributed by atoms with Gasteiger partial charge in [0.1, 0.15) is 0 Å². The quantitative estimate of drug-likeness (QED) is 0.527. The van der Waals surface area contributed by atoms with Crippen LogP contribution in [0.4, 0.5) is 0 Å². The summed E-state index contributed by atoms with van der Waals surface area (Å²) in [7, 11) is 3.58. The highest BCUT2D eigenvalue weighted by atomic mass is 79.9. The Morgan fingerprint density at radius 3 is 2.28 bits per heavy atom. The van der Waals surface area contributed by atoms with Gasteiger partial charge in [0, 0.05) is 18.7 Å². The summed E-state index contributed by atoms with van der Waals surface area (Å²) in [5, 5.41) is 0. The van der Waals surface area contributed by atoms with E-state index in [2.05, 4.69) is 82.1 Å². The molecule has 0 atom stereocenters. The highest BCUT2D eigenvalue weighted by Gasteiger charge is 2.03. The topological polar surface area (TPSA) is 0 Å². The summed E-state index contributed by atoms with van der Waals surface area (Å²) < 4.78 is 2.29. The fourth-order valence-corrected chi connectivity index (χ4v) is 4.68. The van der Waals surface area contributed by atoms with Crippen molar-refractivity contribution in [3.8, 4) is 0 Å². The first-order chi connectivity index (χ1) is 8.56. The molecule has 0 amide bonds. The Hall–Kier alpha value is 0.1000. The van der Waals surface area contributed by atoms with Crippen molar-refractivity contribution < 1.29 is 0 Å². The number of halogens is 2. The Labute approximate surface area is 133 Å². The summed E-state index contributed by atoms with van der Waals surface area (Å²) in [6.07, 6.45) is 0. The maximum atomic E-state index is 3.57. The van der Waals surface area contributed by atoms with Gasteiger partial charge in [0.2, 0.25) is 0 Å². The van der Waals surface area contributed by atoms with Gasteiger partial charge in [0.15, 0.2) is 0 Å². The standard InChI is InChI=1S/C14H12Br2S2/c1-9-4-6-12(8-13(9)16)17-18-14-7-11(15)5-3-10(14)2/h3-8H,1-2H3. The van der Waals surface area contributed by atoms with Crippen LogP contribution in [0, 0.1) is 13.8 Å². The molecule has 0 saturated heterocycles. The number of aryl methyl sites for hydroxylation is 2. The molecule has 0 N–H and O–H groups in total. The van der Waals surface area contributed by atoms with Crippen molar-refractivity contribution in [3.05, 3.63) is 56.5 Å². The minimum absolute atomic E-state index is 1.13. The molecule has 0 fully saturated rings. The summed E-state index contributed by atoms with van der Waals surface area (Å²) in [6, 6.07) is 12.8. The van der Waals surface area contributed by atoms with Crippen LogP contribution in [0.15, 0.2) is 55.1 Å². The van der Waals surface area contributed by atoms with Gasteiger partial charge in [0.25, 0.3) is 0 Å². The van der Waals surface area contributed by atoms with Crippen LogP contribution in [-0.4, -0.2) is 0 Å². The maximum Gasteiger partial charge on any atom is 0.0226 e. The minimum atomic E-state index is 1.13. The summed E-state index contributed by atoms with van der Waals surface area (Å²) >= 11 is 7.08. The van der Waals surface area contributed by atoms with Crippen LogP contribution >= 0.6 is 53.4 Å². The van der Waals surface area contributed by atoms with Crippen molar-refractivity contribution >= 4 is 53.4 Å². The van der Waals surface area contributed by atoms with E-state index in [0.717, 1.165) is 4.47 Å². The molecule has 94 valence electrons.